The van der Waals surface area contributed by atoms with E-state index in [1.54, 1.807) is 7.11 Å². The second kappa shape index (κ2) is 7.52. The van der Waals surface area contributed by atoms with Crippen LogP contribution in [0, 0.1) is 5.41 Å². The summed E-state index contributed by atoms with van der Waals surface area (Å²) in [7, 11) is 1.66. The molecule has 0 radical (unpaired) electrons. The standard InChI is InChI=1S/C15H23ClO2/c1-4-15(5-2,12-16)10-11-18-14-8-6-13(17-3)7-9-14/h6-9H,4-5,10-12H2,1-3H3. The Kier molecular flexibility index (Phi) is 6.34. The highest BCUT2D eigenvalue weighted by atomic mass is 35.5. The van der Waals surface area contributed by atoms with Crippen LogP contribution in [0.25, 0.3) is 0 Å². The van der Waals surface area contributed by atoms with Gasteiger partial charge in [0.05, 0.1) is 13.7 Å². The van der Waals surface area contributed by atoms with Crippen molar-refractivity contribution in [3.8, 4) is 11.5 Å². The number of rotatable bonds is 8. The van der Waals surface area contributed by atoms with Crippen LogP contribution in [-0.4, -0.2) is 19.6 Å². The molecule has 3 heteroatoms. The summed E-state index contributed by atoms with van der Waals surface area (Å²) in [6.07, 6.45) is 3.19. The lowest BCUT2D eigenvalue weighted by Gasteiger charge is -2.29. The van der Waals surface area contributed by atoms with Crippen molar-refractivity contribution in [2.24, 2.45) is 5.41 Å². The van der Waals surface area contributed by atoms with Crippen LogP contribution in [0.4, 0.5) is 0 Å². The first-order valence-corrected chi connectivity index (χ1v) is 7.06. The maximum Gasteiger partial charge on any atom is 0.119 e. The van der Waals surface area contributed by atoms with E-state index < -0.39 is 0 Å². The smallest absolute Gasteiger partial charge is 0.119 e. The van der Waals surface area contributed by atoms with E-state index in [0.29, 0.717) is 12.5 Å². The Hall–Kier alpha value is -0.890. The predicted octanol–water partition coefficient (Wildman–Crippen LogP) is 4.51. The first kappa shape index (κ1) is 15.2. The fourth-order valence-corrected chi connectivity index (χ4v) is 2.43. The lowest BCUT2D eigenvalue weighted by Crippen LogP contribution is -2.23. The van der Waals surface area contributed by atoms with Crippen LogP contribution in [0.15, 0.2) is 24.3 Å². The molecule has 1 rings (SSSR count). The Labute approximate surface area is 115 Å². The van der Waals surface area contributed by atoms with Crippen molar-refractivity contribution in [2.75, 3.05) is 19.6 Å². The number of methoxy groups -OCH3 is 1. The van der Waals surface area contributed by atoms with Gasteiger partial charge in [0.1, 0.15) is 11.5 Å². The van der Waals surface area contributed by atoms with E-state index in [-0.39, 0.29) is 5.41 Å². The summed E-state index contributed by atoms with van der Waals surface area (Å²) in [5.41, 5.74) is 0.216. The van der Waals surface area contributed by atoms with E-state index in [1.807, 2.05) is 24.3 Å². The molecule has 18 heavy (non-hydrogen) atoms. The molecule has 0 saturated carbocycles. The molecular formula is C15H23ClO2. The molecule has 2 nitrogen and oxygen atoms in total. The normalized spacial score (nSPS) is 11.3. The Morgan fingerprint density at radius 1 is 1.06 bits per heavy atom. The van der Waals surface area contributed by atoms with E-state index in [2.05, 4.69) is 13.8 Å². The molecule has 0 N–H and O–H groups in total. The largest absolute Gasteiger partial charge is 0.497 e. The topological polar surface area (TPSA) is 18.5 Å². The summed E-state index contributed by atoms with van der Waals surface area (Å²) in [5.74, 6) is 2.43. The minimum Gasteiger partial charge on any atom is -0.497 e. The SMILES string of the molecule is CCC(CC)(CCl)CCOc1ccc(OC)cc1. The molecule has 0 saturated heterocycles. The Morgan fingerprint density at radius 2 is 1.61 bits per heavy atom. The van der Waals surface area contributed by atoms with Gasteiger partial charge in [-0.3, -0.25) is 0 Å². The summed E-state index contributed by atoms with van der Waals surface area (Å²) in [6.45, 7) is 5.10. The van der Waals surface area contributed by atoms with E-state index >= 15 is 0 Å². The van der Waals surface area contributed by atoms with Crippen LogP contribution < -0.4 is 9.47 Å². The van der Waals surface area contributed by atoms with Gasteiger partial charge < -0.3 is 9.47 Å². The van der Waals surface area contributed by atoms with Gasteiger partial charge >= 0.3 is 0 Å². The van der Waals surface area contributed by atoms with Gasteiger partial charge in [0.15, 0.2) is 0 Å². The van der Waals surface area contributed by atoms with Crippen molar-refractivity contribution in [1.29, 1.82) is 0 Å². The molecule has 0 aliphatic rings. The number of halogens is 1. The quantitative estimate of drug-likeness (QED) is 0.647. The van der Waals surface area contributed by atoms with Crippen LogP contribution in [0.2, 0.25) is 0 Å². The molecule has 0 atom stereocenters. The van der Waals surface area contributed by atoms with Gasteiger partial charge in [-0.1, -0.05) is 13.8 Å². The molecule has 0 spiro atoms. The van der Waals surface area contributed by atoms with E-state index in [0.717, 1.165) is 30.8 Å². The third kappa shape index (κ3) is 4.09. The molecule has 1 aromatic carbocycles. The number of hydrogen-bond acceptors (Lipinski definition) is 2. The van der Waals surface area contributed by atoms with Gasteiger partial charge in [0.25, 0.3) is 0 Å². The summed E-state index contributed by atoms with van der Waals surface area (Å²) in [4.78, 5) is 0. The zero-order valence-corrected chi connectivity index (χ0v) is 12.3. The van der Waals surface area contributed by atoms with Crippen LogP contribution in [0.3, 0.4) is 0 Å². The van der Waals surface area contributed by atoms with Crippen molar-refractivity contribution in [3.63, 3.8) is 0 Å². The third-order valence-corrected chi connectivity index (χ3v) is 4.31. The monoisotopic (exact) mass is 270 g/mol. The molecule has 0 heterocycles. The van der Waals surface area contributed by atoms with Crippen molar-refractivity contribution in [2.45, 2.75) is 33.1 Å². The van der Waals surface area contributed by atoms with Gasteiger partial charge in [-0.2, -0.15) is 0 Å². The molecule has 0 aliphatic carbocycles. The Bertz CT molecular complexity index is 323. The van der Waals surface area contributed by atoms with Gasteiger partial charge in [0, 0.05) is 5.88 Å². The van der Waals surface area contributed by atoms with E-state index in [1.165, 1.54) is 0 Å². The zero-order chi connectivity index (χ0) is 13.4. The first-order chi connectivity index (χ1) is 8.69. The van der Waals surface area contributed by atoms with Crippen molar-refractivity contribution >= 4 is 11.6 Å². The molecule has 0 unspecified atom stereocenters. The van der Waals surface area contributed by atoms with Crippen molar-refractivity contribution in [1.82, 2.24) is 0 Å². The van der Waals surface area contributed by atoms with Crippen molar-refractivity contribution < 1.29 is 9.47 Å². The minimum atomic E-state index is 0.216. The number of hydrogen-bond donors (Lipinski definition) is 0. The van der Waals surface area contributed by atoms with Gasteiger partial charge in [-0.15, -0.1) is 11.6 Å². The fraction of sp³-hybridized carbons (Fsp3) is 0.600. The maximum atomic E-state index is 6.07. The maximum absolute atomic E-state index is 6.07. The highest BCUT2D eigenvalue weighted by Gasteiger charge is 2.24. The highest BCUT2D eigenvalue weighted by Crippen LogP contribution is 2.32. The fourth-order valence-electron chi connectivity index (χ4n) is 1.92. The molecule has 0 aliphatic heterocycles. The second-order valence-electron chi connectivity index (χ2n) is 4.61. The molecule has 0 aromatic heterocycles. The van der Waals surface area contributed by atoms with Gasteiger partial charge in [0.2, 0.25) is 0 Å². The summed E-state index contributed by atoms with van der Waals surface area (Å²) >= 11 is 6.07. The summed E-state index contributed by atoms with van der Waals surface area (Å²) < 4.78 is 10.9. The van der Waals surface area contributed by atoms with E-state index in [4.69, 9.17) is 21.1 Å². The average Bonchev–Trinajstić information content (AvgIpc) is 2.45. The minimum absolute atomic E-state index is 0.216. The highest BCUT2D eigenvalue weighted by molar-refractivity contribution is 6.18. The average molecular weight is 271 g/mol. The lowest BCUT2D eigenvalue weighted by molar-refractivity contribution is 0.202. The molecule has 0 fully saturated rings. The number of alkyl halides is 1. The molecule has 102 valence electrons. The van der Waals surface area contributed by atoms with E-state index in [9.17, 15) is 0 Å². The first-order valence-electron chi connectivity index (χ1n) is 6.52. The molecule has 0 amide bonds. The van der Waals surface area contributed by atoms with Crippen LogP contribution in [0.1, 0.15) is 33.1 Å². The molecule has 1 aromatic rings. The van der Waals surface area contributed by atoms with Gasteiger partial charge in [-0.05, 0) is 48.9 Å². The molecular weight excluding hydrogens is 248 g/mol. The second-order valence-corrected chi connectivity index (χ2v) is 4.88. The van der Waals surface area contributed by atoms with Crippen LogP contribution in [0.5, 0.6) is 11.5 Å². The number of benzene rings is 1. The Balaban J connectivity index is 2.44. The molecule has 0 bridgehead atoms. The van der Waals surface area contributed by atoms with Crippen LogP contribution in [-0.2, 0) is 0 Å². The van der Waals surface area contributed by atoms with Crippen molar-refractivity contribution in [3.05, 3.63) is 24.3 Å². The van der Waals surface area contributed by atoms with Gasteiger partial charge in [-0.25, -0.2) is 0 Å². The number of ether oxygens (including phenoxy) is 2. The zero-order valence-electron chi connectivity index (χ0n) is 11.5. The van der Waals surface area contributed by atoms with Crippen LogP contribution >= 0.6 is 11.6 Å². The predicted molar refractivity (Wildman–Crippen MR) is 76.8 cm³/mol. The third-order valence-electron chi connectivity index (χ3n) is 3.74. The summed E-state index contributed by atoms with van der Waals surface area (Å²) in [6, 6.07) is 7.67. The lowest BCUT2D eigenvalue weighted by atomic mass is 9.81. The summed E-state index contributed by atoms with van der Waals surface area (Å²) in [5, 5.41) is 0. The Morgan fingerprint density at radius 3 is 2.06 bits per heavy atom.